The highest BCUT2D eigenvalue weighted by Crippen LogP contribution is 2.33. The van der Waals surface area contributed by atoms with E-state index in [1.54, 1.807) is 13.2 Å². The number of benzene rings is 2. The summed E-state index contributed by atoms with van der Waals surface area (Å²) in [5.74, 6) is 0.887. The van der Waals surface area contributed by atoms with Crippen LogP contribution in [-0.2, 0) is 23.8 Å². The highest BCUT2D eigenvalue weighted by atomic mass is 19.4. The van der Waals surface area contributed by atoms with E-state index in [4.69, 9.17) is 4.74 Å². The molecule has 1 aliphatic heterocycles. The summed E-state index contributed by atoms with van der Waals surface area (Å²) >= 11 is 0. The zero-order chi connectivity index (χ0) is 28.5. The summed E-state index contributed by atoms with van der Waals surface area (Å²) in [6.07, 6.45) is 4.82. The van der Waals surface area contributed by atoms with Gasteiger partial charge in [-0.05, 0) is 118 Å². The second-order valence-electron chi connectivity index (χ2n) is 10.9. The number of carbonyl (C=O) groups is 1. The Kier molecular flexibility index (Phi) is 10.4. The van der Waals surface area contributed by atoms with Crippen molar-refractivity contribution in [3.63, 3.8) is 0 Å². The number of nitrogens with zero attached hydrogens (tertiary/aromatic N) is 2. The molecule has 4 rings (SSSR count). The number of carboxylic acid groups (broad SMARTS) is 1. The van der Waals surface area contributed by atoms with Crippen molar-refractivity contribution >= 4 is 16.9 Å². The number of halogens is 3. The van der Waals surface area contributed by atoms with E-state index in [1.165, 1.54) is 17.7 Å². The standard InChI is InChI=1S/C32H39F3N2O3/c1-40-28-12-13-30-29(21-28)25(15-17-36-30)9-5-8-24-16-19-37(22-26(24)11-14-31(38)39)18-3-2-6-23-7-4-10-27(20-23)32(33,34)35/h4,7,10,12-13,15,17,20-21,24,26H,2-3,5-6,8-9,11,14,16,18-19,22H2,1H3,(H,38,39). The summed E-state index contributed by atoms with van der Waals surface area (Å²) in [6.45, 7) is 2.75. The van der Waals surface area contributed by atoms with Gasteiger partial charge in [0.05, 0.1) is 18.2 Å². The Balaban J connectivity index is 1.27. The number of piperidine rings is 1. The topological polar surface area (TPSA) is 62.7 Å². The molecule has 1 aromatic heterocycles. The van der Waals surface area contributed by atoms with Crippen LogP contribution in [0.2, 0.25) is 0 Å². The minimum atomic E-state index is -4.31. The molecule has 0 spiro atoms. The molecule has 1 fully saturated rings. The molecule has 0 saturated carbocycles. The Morgan fingerprint density at radius 3 is 2.67 bits per heavy atom. The summed E-state index contributed by atoms with van der Waals surface area (Å²) in [5, 5.41) is 10.4. The molecule has 5 nitrogen and oxygen atoms in total. The van der Waals surface area contributed by atoms with Crippen molar-refractivity contribution in [2.75, 3.05) is 26.7 Å². The van der Waals surface area contributed by atoms with Crippen LogP contribution in [-0.4, -0.2) is 47.7 Å². The number of fused-ring (bicyclic) bond motifs is 1. The maximum atomic E-state index is 13.0. The molecular formula is C32H39F3N2O3. The van der Waals surface area contributed by atoms with Crippen molar-refractivity contribution in [2.45, 2.75) is 64.0 Å². The van der Waals surface area contributed by atoms with Crippen molar-refractivity contribution < 1.29 is 27.8 Å². The lowest BCUT2D eigenvalue weighted by Crippen LogP contribution is -2.41. The Morgan fingerprint density at radius 2 is 1.90 bits per heavy atom. The quantitative estimate of drug-likeness (QED) is 0.222. The van der Waals surface area contributed by atoms with Gasteiger partial charge in [-0.1, -0.05) is 18.2 Å². The zero-order valence-electron chi connectivity index (χ0n) is 23.1. The molecule has 0 bridgehead atoms. The summed E-state index contributed by atoms with van der Waals surface area (Å²) < 4.78 is 44.4. The molecule has 0 amide bonds. The molecule has 2 aromatic carbocycles. The molecule has 216 valence electrons. The highest BCUT2D eigenvalue weighted by molar-refractivity contribution is 5.83. The van der Waals surface area contributed by atoms with Crippen LogP contribution >= 0.6 is 0 Å². The molecule has 2 unspecified atom stereocenters. The third-order valence-electron chi connectivity index (χ3n) is 8.21. The highest BCUT2D eigenvalue weighted by Gasteiger charge is 2.31. The van der Waals surface area contributed by atoms with E-state index in [2.05, 4.69) is 16.0 Å². The molecule has 1 aliphatic rings. The van der Waals surface area contributed by atoms with Crippen LogP contribution in [0.3, 0.4) is 0 Å². The summed E-state index contributed by atoms with van der Waals surface area (Å²) in [7, 11) is 1.66. The molecular weight excluding hydrogens is 517 g/mol. The molecule has 2 heterocycles. The smallest absolute Gasteiger partial charge is 0.416 e. The van der Waals surface area contributed by atoms with Gasteiger partial charge in [0, 0.05) is 24.5 Å². The molecule has 8 heteroatoms. The maximum Gasteiger partial charge on any atom is 0.416 e. The van der Waals surface area contributed by atoms with E-state index in [0.29, 0.717) is 30.2 Å². The van der Waals surface area contributed by atoms with Crippen LogP contribution in [0.25, 0.3) is 10.9 Å². The Bertz CT molecular complexity index is 1260. The van der Waals surface area contributed by atoms with Gasteiger partial charge in [-0.15, -0.1) is 0 Å². The fourth-order valence-electron chi connectivity index (χ4n) is 6.02. The van der Waals surface area contributed by atoms with E-state index < -0.39 is 17.7 Å². The second-order valence-corrected chi connectivity index (χ2v) is 10.9. The van der Waals surface area contributed by atoms with Crippen molar-refractivity contribution in [3.05, 3.63) is 71.4 Å². The molecule has 2 atom stereocenters. The number of aliphatic carboxylic acids is 1. The van der Waals surface area contributed by atoms with Gasteiger partial charge in [0.1, 0.15) is 5.75 Å². The van der Waals surface area contributed by atoms with Crippen LogP contribution in [0.5, 0.6) is 5.75 Å². The lowest BCUT2D eigenvalue weighted by molar-refractivity contribution is -0.138. The van der Waals surface area contributed by atoms with E-state index >= 15 is 0 Å². The average molecular weight is 557 g/mol. The van der Waals surface area contributed by atoms with Gasteiger partial charge >= 0.3 is 12.1 Å². The second kappa shape index (κ2) is 14.0. The number of likely N-dealkylation sites (tertiary alicyclic amines) is 1. The Labute approximate surface area is 234 Å². The maximum absolute atomic E-state index is 13.0. The number of ether oxygens (including phenoxy) is 1. The van der Waals surface area contributed by atoms with Crippen molar-refractivity contribution in [2.24, 2.45) is 11.8 Å². The molecule has 1 N–H and O–H groups in total. The van der Waals surface area contributed by atoms with Gasteiger partial charge in [-0.25, -0.2) is 0 Å². The third kappa shape index (κ3) is 8.43. The molecule has 1 saturated heterocycles. The summed E-state index contributed by atoms with van der Waals surface area (Å²) in [5.41, 5.74) is 2.33. The predicted molar refractivity (Wildman–Crippen MR) is 151 cm³/mol. The van der Waals surface area contributed by atoms with Gasteiger partial charge in [-0.3, -0.25) is 9.78 Å². The molecule has 3 aromatic rings. The fourth-order valence-corrected chi connectivity index (χ4v) is 6.02. The number of carboxylic acids is 1. The summed E-state index contributed by atoms with van der Waals surface area (Å²) in [4.78, 5) is 18.2. The van der Waals surface area contributed by atoms with Gasteiger partial charge in [-0.2, -0.15) is 13.2 Å². The van der Waals surface area contributed by atoms with E-state index in [9.17, 15) is 23.1 Å². The van der Waals surface area contributed by atoms with E-state index in [-0.39, 0.29) is 6.42 Å². The number of alkyl halides is 3. The minimum absolute atomic E-state index is 0.180. The largest absolute Gasteiger partial charge is 0.497 e. The van der Waals surface area contributed by atoms with Gasteiger partial charge in [0.25, 0.3) is 0 Å². The van der Waals surface area contributed by atoms with Crippen LogP contribution in [0, 0.1) is 11.8 Å². The first-order chi connectivity index (χ1) is 19.2. The minimum Gasteiger partial charge on any atom is -0.497 e. The summed E-state index contributed by atoms with van der Waals surface area (Å²) in [6, 6.07) is 13.6. The zero-order valence-corrected chi connectivity index (χ0v) is 23.1. The van der Waals surface area contributed by atoms with E-state index in [1.807, 2.05) is 24.4 Å². The lowest BCUT2D eigenvalue weighted by atomic mass is 9.79. The number of pyridine rings is 1. The number of unbranched alkanes of at least 4 members (excludes halogenated alkanes) is 1. The Hall–Kier alpha value is -3.13. The first-order valence-corrected chi connectivity index (χ1v) is 14.2. The van der Waals surface area contributed by atoms with Gasteiger partial charge in [0.2, 0.25) is 0 Å². The lowest BCUT2D eigenvalue weighted by Gasteiger charge is -2.39. The third-order valence-corrected chi connectivity index (χ3v) is 8.21. The number of methoxy groups -OCH3 is 1. The van der Waals surface area contributed by atoms with Crippen LogP contribution in [0.4, 0.5) is 13.2 Å². The number of hydrogen-bond donors (Lipinski definition) is 1. The normalized spacial score (nSPS) is 18.2. The van der Waals surface area contributed by atoms with Crippen LogP contribution in [0.15, 0.2) is 54.7 Å². The van der Waals surface area contributed by atoms with Crippen molar-refractivity contribution in [1.82, 2.24) is 9.88 Å². The van der Waals surface area contributed by atoms with Crippen LogP contribution in [0.1, 0.15) is 61.6 Å². The predicted octanol–water partition coefficient (Wildman–Crippen LogP) is 7.41. The SMILES string of the molecule is COc1ccc2nccc(CCCC3CCN(CCCCc4cccc(C(F)(F)F)c4)CC3CCC(=O)O)c2c1. The molecule has 40 heavy (non-hydrogen) atoms. The monoisotopic (exact) mass is 556 g/mol. The number of rotatable bonds is 13. The Morgan fingerprint density at radius 1 is 1.05 bits per heavy atom. The van der Waals surface area contributed by atoms with Crippen molar-refractivity contribution in [1.29, 1.82) is 0 Å². The average Bonchev–Trinajstić information content (AvgIpc) is 2.94. The number of aryl methyl sites for hydroxylation is 2. The number of aromatic nitrogens is 1. The van der Waals surface area contributed by atoms with Crippen molar-refractivity contribution in [3.8, 4) is 5.75 Å². The fraction of sp³-hybridized carbons (Fsp3) is 0.500. The van der Waals surface area contributed by atoms with Gasteiger partial charge < -0.3 is 14.7 Å². The molecule has 0 aliphatic carbocycles. The first-order valence-electron chi connectivity index (χ1n) is 14.2. The number of hydrogen-bond acceptors (Lipinski definition) is 4. The van der Waals surface area contributed by atoms with Gasteiger partial charge in [0.15, 0.2) is 0 Å². The van der Waals surface area contributed by atoms with E-state index in [0.717, 1.165) is 80.9 Å². The first kappa shape index (κ1) is 29.8. The van der Waals surface area contributed by atoms with Crippen LogP contribution < -0.4 is 4.74 Å². The molecule has 0 radical (unpaired) electrons.